The molecule has 0 radical (unpaired) electrons. The number of nitrogens with zero attached hydrogens (tertiary/aromatic N) is 1. The second-order valence-corrected chi connectivity index (χ2v) is 8.25. The van der Waals surface area contributed by atoms with E-state index in [1.165, 1.54) is 0 Å². The predicted octanol–water partition coefficient (Wildman–Crippen LogP) is 0.816. The number of carbonyl (C=O) groups excluding carboxylic acids is 1. The van der Waals surface area contributed by atoms with E-state index in [4.69, 9.17) is 14.3 Å². The molecular weight excluding hydrogens is 364 g/mol. The fourth-order valence-corrected chi connectivity index (χ4v) is 4.85. The van der Waals surface area contributed by atoms with Crippen molar-refractivity contribution in [2.45, 2.75) is 49.3 Å². The number of carboxylic acids is 1. The van der Waals surface area contributed by atoms with Crippen LogP contribution >= 0.6 is 0 Å². The predicted molar refractivity (Wildman–Crippen MR) is 89.2 cm³/mol. The number of carboxylic acid groups (broad SMARTS) is 1. The third kappa shape index (κ3) is 3.92. The van der Waals surface area contributed by atoms with Gasteiger partial charge >= 0.3 is 5.97 Å². The highest BCUT2D eigenvalue weighted by Gasteiger charge is 2.41. The van der Waals surface area contributed by atoms with E-state index in [1.807, 2.05) is 0 Å². The molecule has 0 saturated carbocycles. The zero-order valence-electron chi connectivity index (χ0n) is 14.2. The molecular formula is C16H22N2O7S. The maximum absolute atomic E-state index is 12.7. The lowest BCUT2D eigenvalue weighted by Crippen LogP contribution is -2.47. The molecule has 1 aromatic heterocycles. The molecule has 2 fully saturated rings. The van der Waals surface area contributed by atoms with Crippen molar-refractivity contribution < 1.29 is 32.3 Å². The largest absolute Gasteiger partial charge is 0.475 e. The summed E-state index contributed by atoms with van der Waals surface area (Å²) in [7, 11) is -4.08. The summed E-state index contributed by atoms with van der Waals surface area (Å²) in [6.07, 6.45) is 3.85. The van der Waals surface area contributed by atoms with Crippen molar-refractivity contribution in [3.05, 3.63) is 17.9 Å². The molecule has 3 heterocycles. The minimum atomic E-state index is -4.08. The Morgan fingerprint density at radius 3 is 2.69 bits per heavy atom. The number of hydrogen-bond donors (Lipinski definition) is 2. The minimum Gasteiger partial charge on any atom is -0.475 e. The molecule has 2 aliphatic rings. The van der Waals surface area contributed by atoms with Crippen LogP contribution in [0, 0.1) is 0 Å². The van der Waals surface area contributed by atoms with Crippen LogP contribution in [0.5, 0.6) is 0 Å². The van der Waals surface area contributed by atoms with Gasteiger partial charge in [0.1, 0.15) is 6.04 Å². The van der Waals surface area contributed by atoms with E-state index in [1.54, 1.807) is 0 Å². The molecule has 2 N–H and O–H groups in total. The summed E-state index contributed by atoms with van der Waals surface area (Å²) in [4.78, 5) is 23.4. The summed E-state index contributed by atoms with van der Waals surface area (Å²) in [5.41, 5.74) is 0. The fourth-order valence-electron chi connectivity index (χ4n) is 3.28. The first-order valence-electron chi connectivity index (χ1n) is 8.64. The van der Waals surface area contributed by atoms with Crippen LogP contribution < -0.4 is 5.32 Å². The molecule has 2 unspecified atom stereocenters. The third-order valence-corrected chi connectivity index (χ3v) is 6.42. The molecule has 0 spiro atoms. The Kier molecular flexibility index (Phi) is 5.64. The van der Waals surface area contributed by atoms with E-state index in [9.17, 15) is 18.0 Å². The number of nitrogens with one attached hydrogen (secondary N) is 1. The Bertz CT molecular complexity index is 767. The summed E-state index contributed by atoms with van der Waals surface area (Å²) in [6.45, 7) is 1.21. The maximum atomic E-state index is 12.7. The average Bonchev–Trinajstić information content (AvgIpc) is 3.30. The number of rotatable bonds is 6. The first-order valence-corrected chi connectivity index (χ1v) is 10.1. The number of aromatic carboxylic acids is 1. The van der Waals surface area contributed by atoms with Gasteiger partial charge in [-0.2, -0.15) is 4.31 Å². The second kappa shape index (κ2) is 7.77. The topological polar surface area (TPSA) is 126 Å². The van der Waals surface area contributed by atoms with Gasteiger partial charge in [0.05, 0.1) is 6.10 Å². The van der Waals surface area contributed by atoms with Gasteiger partial charge in [-0.25, -0.2) is 13.2 Å². The Labute approximate surface area is 151 Å². The molecule has 0 bridgehead atoms. The number of furan rings is 1. The molecule has 26 heavy (non-hydrogen) atoms. The zero-order chi connectivity index (χ0) is 18.7. The van der Waals surface area contributed by atoms with Gasteiger partial charge in [-0.3, -0.25) is 4.79 Å². The highest BCUT2D eigenvalue weighted by atomic mass is 32.2. The van der Waals surface area contributed by atoms with Crippen LogP contribution in [0.1, 0.15) is 42.7 Å². The second-order valence-electron chi connectivity index (χ2n) is 6.43. The molecule has 2 aliphatic heterocycles. The number of ether oxygens (including phenoxy) is 1. The SMILES string of the molecule is O=C(O)c1ccc(S(=O)(=O)N2CCCC2C(=O)NCC2CCCCO2)o1. The highest BCUT2D eigenvalue weighted by molar-refractivity contribution is 7.89. The van der Waals surface area contributed by atoms with Crippen LogP contribution in [0.25, 0.3) is 0 Å². The van der Waals surface area contributed by atoms with E-state index in [0.29, 0.717) is 26.0 Å². The Balaban J connectivity index is 1.67. The first kappa shape index (κ1) is 18.9. The van der Waals surface area contributed by atoms with Crippen LogP contribution in [0.15, 0.2) is 21.6 Å². The van der Waals surface area contributed by atoms with Crippen molar-refractivity contribution in [3.8, 4) is 0 Å². The summed E-state index contributed by atoms with van der Waals surface area (Å²) in [5.74, 6) is -2.18. The van der Waals surface area contributed by atoms with Gasteiger partial charge in [0.25, 0.3) is 10.0 Å². The Morgan fingerprint density at radius 1 is 1.23 bits per heavy atom. The molecule has 2 saturated heterocycles. The lowest BCUT2D eigenvalue weighted by molar-refractivity contribution is -0.125. The lowest BCUT2D eigenvalue weighted by Gasteiger charge is -2.25. The number of hydrogen-bond acceptors (Lipinski definition) is 6. The molecule has 1 aromatic rings. The first-order chi connectivity index (χ1) is 12.4. The minimum absolute atomic E-state index is 0.0395. The van der Waals surface area contributed by atoms with Crippen molar-refractivity contribution in [3.63, 3.8) is 0 Å². The van der Waals surface area contributed by atoms with Gasteiger partial charge in [0.2, 0.25) is 16.8 Å². The van der Waals surface area contributed by atoms with E-state index in [0.717, 1.165) is 35.7 Å². The standard InChI is InChI=1S/C16H22N2O7S/c19-15(17-10-11-4-1-2-9-24-11)12-5-3-8-18(12)26(22,23)14-7-6-13(25-14)16(20)21/h6-7,11-12H,1-5,8-10H2,(H,17,19)(H,20,21). The highest BCUT2D eigenvalue weighted by Crippen LogP contribution is 2.27. The van der Waals surface area contributed by atoms with Crippen molar-refractivity contribution >= 4 is 21.9 Å². The van der Waals surface area contributed by atoms with Gasteiger partial charge < -0.3 is 19.6 Å². The summed E-state index contributed by atoms with van der Waals surface area (Å²) >= 11 is 0. The van der Waals surface area contributed by atoms with Crippen LogP contribution in [-0.4, -0.2) is 61.5 Å². The molecule has 0 aliphatic carbocycles. The van der Waals surface area contributed by atoms with Crippen molar-refractivity contribution in [1.29, 1.82) is 0 Å². The van der Waals surface area contributed by atoms with E-state index < -0.39 is 32.9 Å². The van der Waals surface area contributed by atoms with Crippen molar-refractivity contribution in [2.24, 2.45) is 0 Å². The maximum Gasteiger partial charge on any atom is 0.371 e. The van der Waals surface area contributed by atoms with Gasteiger partial charge in [-0.05, 0) is 44.2 Å². The molecule has 2 atom stereocenters. The van der Waals surface area contributed by atoms with Gasteiger partial charge in [0.15, 0.2) is 0 Å². The van der Waals surface area contributed by atoms with Crippen LogP contribution in [0.4, 0.5) is 0 Å². The Hall–Kier alpha value is -1.91. The number of sulfonamides is 1. The molecule has 9 nitrogen and oxygen atoms in total. The van der Waals surface area contributed by atoms with Crippen molar-refractivity contribution in [2.75, 3.05) is 19.7 Å². The summed E-state index contributed by atoms with van der Waals surface area (Å²) in [6, 6.07) is 1.35. The number of amides is 1. The number of carbonyl (C=O) groups is 2. The van der Waals surface area contributed by atoms with E-state index >= 15 is 0 Å². The average molecular weight is 386 g/mol. The van der Waals surface area contributed by atoms with Gasteiger partial charge in [-0.15, -0.1) is 0 Å². The molecule has 0 aromatic carbocycles. The molecule has 144 valence electrons. The smallest absolute Gasteiger partial charge is 0.371 e. The van der Waals surface area contributed by atoms with Gasteiger partial charge in [-0.1, -0.05) is 0 Å². The quantitative estimate of drug-likeness (QED) is 0.741. The van der Waals surface area contributed by atoms with Crippen LogP contribution in [-0.2, 0) is 19.6 Å². The van der Waals surface area contributed by atoms with E-state index in [2.05, 4.69) is 5.32 Å². The fraction of sp³-hybridized carbons (Fsp3) is 0.625. The van der Waals surface area contributed by atoms with E-state index in [-0.39, 0.29) is 18.6 Å². The van der Waals surface area contributed by atoms with Gasteiger partial charge in [0, 0.05) is 19.7 Å². The molecule has 3 rings (SSSR count). The van der Waals surface area contributed by atoms with Crippen LogP contribution in [0.3, 0.4) is 0 Å². The van der Waals surface area contributed by atoms with Crippen molar-refractivity contribution in [1.82, 2.24) is 9.62 Å². The molecule has 10 heteroatoms. The zero-order valence-corrected chi connectivity index (χ0v) is 15.0. The summed E-state index contributed by atoms with van der Waals surface area (Å²) < 4.78 is 37.0. The lowest BCUT2D eigenvalue weighted by atomic mass is 10.1. The Morgan fingerprint density at radius 2 is 2.04 bits per heavy atom. The normalized spacial score (nSPS) is 24.5. The monoisotopic (exact) mass is 386 g/mol. The van der Waals surface area contributed by atoms with Crippen LogP contribution in [0.2, 0.25) is 0 Å². The molecule has 1 amide bonds. The third-order valence-electron chi connectivity index (χ3n) is 4.64. The summed E-state index contributed by atoms with van der Waals surface area (Å²) in [5, 5.41) is 11.2.